The number of hydrogen-bond acceptors (Lipinski definition) is 2. The van der Waals surface area contributed by atoms with Crippen LogP contribution in [-0.2, 0) is 19.4 Å². The molecule has 1 aliphatic carbocycles. The third kappa shape index (κ3) is 1.14. The van der Waals surface area contributed by atoms with Crippen molar-refractivity contribution in [3.05, 3.63) is 17.5 Å². The Morgan fingerprint density at radius 3 is 3.33 bits per heavy atom. The second-order valence-corrected chi connectivity index (χ2v) is 3.44. The van der Waals surface area contributed by atoms with Gasteiger partial charge in [-0.15, -0.1) is 0 Å². The molecule has 0 saturated heterocycles. The lowest BCUT2D eigenvalue weighted by Crippen LogP contribution is -2.28. The van der Waals surface area contributed by atoms with E-state index in [1.807, 2.05) is 6.20 Å². The first-order chi connectivity index (χ1) is 5.81. The second-order valence-electron chi connectivity index (χ2n) is 3.44. The van der Waals surface area contributed by atoms with Crippen LogP contribution in [0.15, 0.2) is 6.20 Å². The number of nitrogens with zero attached hydrogens (tertiary/aromatic N) is 2. The maximum Gasteiger partial charge on any atom is 0.0525 e. The molecule has 1 atom stereocenters. The third-order valence-electron chi connectivity index (χ3n) is 2.57. The summed E-state index contributed by atoms with van der Waals surface area (Å²) in [5, 5.41) is 4.31. The van der Waals surface area contributed by atoms with Gasteiger partial charge in [-0.3, -0.25) is 4.68 Å². The van der Waals surface area contributed by atoms with Crippen LogP contribution < -0.4 is 5.73 Å². The van der Waals surface area contributed by atoms with Gasteiger partial charge in [0.1, 0.15) is 0 Å². The zero-order valence-electron chi connectivity index (χ0n) is 7.45. The van der Waals surface area contributed by atoms with E-state index in [9.17, 15) is 0 Å². The molecule has 0 fully saturated rings. The van der Waals surface area contributed by atoms with Gasteiger partial charge < -0.3 is 5.73 Å². The lowest BCUT2D eigenvalue weighted by Gasteiger charge is -2.18. The van der Waals surface area contributed by atoms with E-state index in [0.717, 1.165) is 25.8 Å². The summed E-state index contributed by atoms with van der Waals surface area (Å²) in [5.41, 5.74) is 8.62. The molecule has 0 amide bonds. The van der Waals surface area contributed by atoms with Gasteiger partial charge in [0, 0.05) is 18.3 Å². The van der Waals surface area contributed by atoms with Crippen molar-refractivity contribution in [1.29, 1.82) is 0 Å². The van der Waals surface area contributed by atoms with Crippen molar-refractivity contribution < 1.29 is 0 Å². The summed E-state index contributed by atoms with van der Waals surface area (Å²) in [4.78, 5) is 0. The molecule has 1 heterocycles. The molecule has 0 aromatic carbocycles. The quantitative estimate of drug-likeness (QED) is 0.666. The molecule has 1 aliphatic rings. The zero-order valence-corrected chi connectivity index (χ0v) is 7.45. The van der Waals surface area contributed by atoms with Crippen LogP contribution in [0, 0.1) is 0 Å². The highest BCUT2D eigenvalue weighted by molar-refractivity contribution is 5.22. The lowest BCUT2D eigenvalue weighted by atomic mass is 9.94. The van der Waals surface area contributed by atoms with Crippen LogP contribution in [0.1, 0.15) is 24.6 Å². The largest absolute Gasteiger partial charge is 0.327 e. The summed E-state index contributed by atoms with van der Waals surface area (Å²) >= 11 is 0. The van der Waals surface area contributed by atoms with Crippen LogP contribution in [0.25, 0.3) is 0 Å². The van der Waals surface area contributed by atoms with Crippen LogP contribution in [0.2, 0.25) is 0 Å². The first kappa shape index (κ1) is 7.80. The van der Waals surface area contributed by atoms with E-state index >= 15 is 0 Å². The maximum atomic E-state index is 5.86. The summed E-state index contributed by atoms with van der Waals surface area (Å²) in [6, 6.07) is 0.354. The molecule has 12 heavy (non-hydrogen) atoms. The molecule has 2 rings (SSSR count). The molecule has 1 aromatic rings. The minimum absolute atomic E-state index is 0.354. The minimum atomic E-state index is 0.354. The Bertz CT molecular complexity index is 277. The molecule has 0 radical (unpaired) electrons. The molecular weight excluding hydrogens is 150 g/mol. The molecule has 0 spiro atoms. The average Bonchev–Trinajstić information content (AvgIpc) is 2.46. The highest BCUT2D eigenvalue weighted by Crippen LogP contribution is 2.19. The standard InChI is InChI=1S/C9H15N3/c1-2-12-9-4-3-8(10)5-7(9)6-11-12/h6,8H,2-5,10H2,1H3/t8-/m0/s1. The van der Waals surface area contributed by atoms with Crippen molar-refractivity contribution in [2.75, 3.05) is 0 Å². The SMILES string of the molecule is CCn1ncc2c1CC[C@H](N)C2. The number of rotatable bonds is 1. The highest BCUT2D eigenvalue weighted by Gasteiger charge is 2.18. The van der Waals surface area contributed by atoms with Crippen LogP contribution in [0.3, 0.4) is 0 Å². The van der Waals surface area contributed by atoms with Gasteiger partial charge >= 0.3 is 0 Å². The fraction of sp³-hybridized carbons (Fsp3) is 0.667. The monoisotopic (exact) mass is 165 g/mol. The van der Waals surface area contributed by atoms with Gasteiger partial charge in [0.25, 0.3) is 0 Å². The van der Waals surface area contributed by atoms with Crippen molar-refractivity contribution in [2.24, 2.45) is 5.73 Å². The average molecular weight is 165 g/mol. The Hall–Kier alpha value is -0.830. The van der Waals surface area contributed by atoms with Crippen LogP contribution in [0.5, 0.6) is 0 Å². The van der Waals surface area contributed by atoms with Crippen LogP contribution >= 0.6 is 0 Å². The Morgan fingerprint density at radius 1 is 1.75 bits per heavy atom. The maximum absolute atomic E-state index is 5.86. The normalized spacial score (nSPS) is 22.3. The number of nitrogens with two attached hydrogens (primary N) is 1. The molecule has 66 valence electrons. The molecule has 0 bridgehead atoms. The van der Waals surface area contributed by atoms with Crippen molar-refractivity contribution in [1.82, 2.24) is 9.78 Å². The van der Waals surface area contributed by atoms with E-state index in [0.29, 0.717) is 6.04 Å². The second kappa shape index (κ2) is 2.90. The van der Waals surface area contributed by atoms with E-state index in [2.05, 4.69) is 16.7 Å². The summed E-state index contributed by atoms with van der Waals surface area (Å²) in [7, 11) is 0. The van der Waals surface area contributed by atoms with E-state index in [1.54, 1.807) is 0 Å². The molecule has 3 nitrogen and oxygen atoms in total. The van der Waals surface area contributed by atoms with Crippen LogP contribution in [0.4, 0.5) is 0 Å². The number of aryl methyl sites for hydroxylation is 1. The van der Waals surface area contributed by atoms with E-state index in [1.165, 1.54) is 11.3 Å². The molecule has 0 saturated carbocycles. The smallest absolute Gasteiger partial charge is 0.0525 e. The fourth-order valence-electron chi connectivity index (χ4n) is 1.89. The summed E-state index contributed by atoms with van der Waals surface area (Å²) in [5.74, 6) is 0. The Kier molecular flexibility index (Phi) is 1.89. The van der Waals surface area contributed by atoms with E-state index in [4.69, 9.17) is 5.73 Å². The highest BCUT2D eigenvalue weighted by atomic mass is 15.3. The Balaban J connectivity index is 2.32. The van der Waals surface area contributed by atoms with Gasteiger partial charge in [0.05, 0.1) is 6.20 Å². The predicted molar refractivity (Wildman–Crippen MR) is 47.9 cm³/mol. The summed E-state index contributed by atoms with van der Waals surface area (Å²) in [6.45, 7) is 3.10. The van der Waals surface area contributed by atoms with Crippen molar-refractivity contribution in [3.63, 3.8) is 0 Å². The minimum Gasteiger partial charge on any atom is -0.327 e. The number of hydrogen-bond donors (Lipinski definition) is 1. The topological polar surface area (TPSA) is 43.8 Å². The molecular formula is C9H15N3. The number of fused-ring (bicyclic) bond motifs is 1. The molecule has 3 heteroatoms. The first-order valence-corrected chi connectivity index (χ1v) is 4.60. The predicted octanol–water partition coefficient (Wildman–Crippen LogP) is 0.719. The Morgan fingerprint density at radius 2 is 2.58 bits per heavy atom. The molecule has 2 N–H and O–H groups in total. The summed E-state index contributed by atoms with van der Waals surface area (Å²) in [6.07, 6.45) is 5.19. The van der Waals surface area contributed by atoms with Gasteiger partial charge in [-0.2, -0.15) is 5.10 Å². The van der Waals surface area contributed by atoms with E-state index in [-0.39, 0.29) is 0 Å². The van der Waals surface area contributed by atoms with Gasteiger partial charge in [-0.25, -0.2) is 0 Å². The van der Waals surface area contributed by atoms with Crippen molar-refractivity contribution >= 4 is 0 Å². The molecule has 0 unspecified atom stereocenters. The fourth-order valence-corrected chi connectivity index (χ4v) is 1.89. The lowest BCUT2D eigenvalue weighted by molar-refractivity contribution is 0.535. The first-order valence-electron chi connectivity index (χ1n) is 4.60. The van der Waals surface area contributed by atoms with Gasteiger partial charge in [0.15, 0.2) is 0 Å². The molecule has 0 aliphatic heterocycles. The van der Waals surface area contributed by atoms with Crippen LogP contribution in [-0.4, -0.2) is 15.8 Å². The van der Waals surface area contributed by atoms with Crippen molar-refractivity contribution in [2.45, 2.75) is 38.8 Å². The van der Waals surface area contributed by atoms with Gasteiger partial charge in [-0.1, -0.05) is 0 Å². The van der Waals surface area contributed by atoms with Gasteiger partial charge in [0.2, 0.25) is 0 Å². The van der Waals surface area contributed by atoms with Crippen molar-refractivity contribution in [3.8, 4) is 0 Å². The Labute approximate surface area is 72.6 Å². The zero-order chi connectivity index (χ0) is 8.55. The number of aromatic nitrogens is 2. The molecule has 1 aromatic heterocycles. The van der Waals surface area contributed by atoms with Gasteiger partial charge in [-0.05, 0) is 31.7 Å². The summed E-state index contributed by atoms with van der Waals surface area (Å²) < 4.78 is 2.08. The third-order valence-corrected chi connectivity index (χ3v) is 2.57. The van der Waals surface area contributed by atoms with E-state index < -0.39 is 0 Å².